The van der Waals surface area contributed by atoms with Gasteiger partial charge >= 0.3 is 0 Å². The molecule has 1 aromatic rings. The van der Waals surface area contributed by atoms with Gasteiger partial charge < -0.3 is 20.3 Å². The van der Waals surface area contributed by atoms with Crippen LogP contribution < -0.4 is 20.3 Å². The molecule has 0 saturated carbocycles. The molecule has 1 heterocycles. The predicted molar refractivity (Wildman–Crippen MR) is 99.0 cm³/mol. The fraction of sp³-hybridized carbons (Fsp3) is 0.529. The largest absolute Gasteiger partial charge is 0.497 e. The van der Waals surface area contributed by atoms with E-state index in [1.807, 2.05) is 6.92 Å². The highest BCUT2D eigenvalue weighted by Crippen LogP contribution is 2.19. The molecule has 2 rings (SSSR count). The van der Waals surface area contributed by atoms with Crippen molar-refractivity contribution < 1.29 is 27.6 Å². The Balaban J connectivity index is 1.83. The second kappa shape index (κ2) is 9.67. The molecule has 10 heteroatoms. The number of amides is 2. The van der Waals surface area contributed by atoms with Crippen LogP contribution in [-0.4, -0.2) is 77.5 Å². The lowest BCUT2D eigenvalue weighted by atomic mass is 10.3. The van der Waals surface area contributed by atoms with Crippen molar-refractivity contribution in [3.63, 3.8) is 0 Å². The minimum absolute atomic E-state index is 0.0437. The van der Waals surface area contributed by atoms with Gasteiger partial charge in [-0.2, -0.15) is 4.31 Å². The summed E-state index contributed by atoms with van der Waals surface area (Å²) in [5.41, 5.74) is 0. The minimum Gasteiger partial charge on any atom is -0.497 e. The average molecular weight is 399 g/mol. The number of rotatable bonds is 8. The highest BCUT2D eigenvalue weighted by molar-refractivity contribution is 7.89. The van der Waals surface area contributed by atoms with Gasteiger partial charge in [-0.05, 0) is 31.2 Å². The van der Waals surface area contributed by atoms with Gasteiger partial charge in [-0.15, -0.1) is 0 Å². The molecule has 1 fully saturated rings. The van der Waals surface area contributed by atoms with Gasteiger partial charge in [-0.1, -0.05) is 0 Å². The first-order valence-corrected chi connectivity index (χ1v) is 10.3. The number of hydrogen-bond acceptors (Lipinski definition) is 5. The summed E-state index contributed by atoms with van der Waals surface area (Å²) in [5, 5.41) is 5.19. The summed E-state index contributed by atoms with van der Waals surface area (Å²) in [6, 6.07) is 6.30. The molecule has 1 aliphatic heterocycles. The van der Waals surface area contributed by atoms with Gasteiger partial charge in [0.25, 0.3) is 5.91 Å². The highest BCUT2D eigenvalue weighted by Gasteiger charge is 2.31. The molecule has 0 atom stereocenters. The standard InChI is InChI=1S/C17H26N4O5S/c1-3-18-16(22)12-19-17(23)13-20-8-10-21(11-9-20)27(24,25)15-6-4-14(26-2)5-7-15/h4-7H,3,8-13H2,1-2H3,(H,18,22)(H,19,23)/p+1. The molecule has 3 N–H and O–H groups in total. The van der Waals surface area contributed by atoms with Gasteiger partial charge in [0.05, 0.1) is 44.7 Å². The van der Waals surface area contributed by atoms with E-state index in [1.165, 1.54) is 23.5 Å². The third-order valence-electron chi connectivity index (χ3n) is 4.36. The van der Waals surface area contributed by atoms with Crippen molar-refractivity contribution in [1.29, 1.82) is 0 Å². The summed E-state index contributed by atoms with van der Waals surface area (Å²) in [7, 11) is -2.03. The Kier molecular flexibility index (Phi) is 7.57. The van der Waals surface area contributed by atoms with E-state index in [0.29, 0.717) is 38.5 Å². The summed E-state index contributed by atoms with van der Waals surface area (Å²) in [4.78, 5) is 24.5. The average Bonchev–Trinajstić information content (AvgIpc) is 2.67. The van der Waals surface area contributed by atoms with Crippen LogP contribution in [0.15, 0.2) is 29.2 Å². The van der Waals surface area contributed by atoms with E-state index in [4.69, 9.17) is 4.74 Å². The van der Waals surface area contributed by atoms with Gasteiger partial charge in [0.1, 0.15) is 5.75 Å². The molecule has 0 radical (unpaired) electrons. The normalized spacial score (nSPS) is 15.9. The topological polar surface area (TPSA) is 109 Å². The van der Waals surface area contributed by atoms with Crippen LogP contribution in [0.4, 0.5) is 0 Å². The number of piperazine rings is 1. The Bertz CT molecular complexity index is 743. The number of quaternary nitrogens is 1. The SMILES string of the molecule is CCNC(=O)CNC(=O)C[NH+]1CCN(S(=O)(=O)c2ccc(OC)cc2)CC1. The molecular weight excluding hydrogens is 372 g/mol. The summed E-state index contributed by atoms with van der Waals surface area (Å²) < 4.78 is 31.9. The van der Waals surface area contributed by atoms with Crippen LogP contribution in [0, 0.1) is 0 Å². The van der Waals surface area contributed by atoms with Crippen molar-refractivity contribution in [2.45, 2.75) is 11.8 Å². The zero-order valence-electron chi connectivity index (χ0n) is 15.7. The fourth-order valence-corrected chi connectivity index (χ4v) is 4.29. The monoisotopic (exact) mass is 399 g/mol. The number of methoxy groups -OCH3 is 1. The molecule has 1 saturated heterocycles. The Morgan fingerprint density at radius 1 is 1.11 bits per heavy atom. The van der Waals surface area contributed by atoms with E-state index in [2.05, 4.69) is 10.6 Å². The van der Waals surface area contributed by atoms with Crippen LogP contribution in [0.5, 0.6) is 5.75 Å². The quantitative estimate of drug-likeness (QED) is 0.461. The number of carbonyl (C=O) groups excluding carboxylic acids is 2. The smallest absolute Gasteiger partial charge is 0.275 e. The first kappa shape index (κ1) is 21.1. The van der Waals surface area contributed by atoms with Crippen molar-refractivity contribution in [2.24, 2.45) is 0 Å². The molecule has 0 spiro atoms. The lowest BCUT2D eigenvalue weighted by molar-refractivity contribution is -0.895. The lowest BCUT2D eigenvalue weighted by Gasteiger charge is -2.31. The number of nitrogens with one attached hydrogen (secondary N) is 3. The second-order valence-corrected chi connectivity index (χ2v) is 8.17. The van der Waals surface area contributed by atoms with Crippen LogP contribution in [-0.2, 0) is 19.6 Å². The summed E-state index contributed by atoms with van der Waals surface area (Å²) in [6.07, 6.45) is 0. The number of sulfonamides is 1. The number of ether oxygens (including phenoxy) is 1. The molecule has 0 unspecified atom stereocenters. The van der Waals surface area contributed by atoms with Gasteiger partial charge in [-0.25, -0.2) is 8.42 Å². The van der Waals surface area contributed by atoms with Crippen molar-refractivity contribution in [3.05, 3.63) is 24.3 Å². The Morgan fingerprint density at radius 3 is 2.30 bits per heavy atom. The molecule has 1 aliphatic rings. The van der Waals surface area contributed by atoms with Gasteiger partial charge in [0.15, 0.2) is 6.54 Å². The fourth-order valence-electron chi connectivity index (χ4n) is 2.84. The number of benzene rings is 1. The maximum Gasteiger partial charge on any atom is 0.275 e. The summed E-state index contributed by atoms with van der Waals surface area (Å²) in [5.74, 6) is 0.154. The molecule has 2 amide bonds. The second-order valence-electron chi connectivity index (χ2n) is 6.24. The molecule has 0 aliphatic carbocycles. The highest BCUT2D eigenvalue weighted by atomic mass is 32.2. The van der Waals surface area contributed by atoms with E-state index in [-0.39, 0.29) is 29.8 Å². The number of likely N-dealkylation sites (N-methyl/N-ethyl adjacent to an activating group) is 1. The summed E-state index contributed by atoms with van der Waals surface area (Å²) in [6.45, 7) is 4.25. The predicted octanol–water partition coefficient (Wildman–Crippen LogP) is -2.16. The molecule has 9 nitrogen and oxygen atoms in total. The zero-order valence-corrected chi connectivity index (χ0v) is 16.5. The van der Waals surface area contributed by atoms with E-state index in [0.717, 1.165) is 4.90 Å². The van der Waals surface area contributed by atoms with Crippen LogP contribution in [0.3, 0.4) is 0 Å². The van der Waals surface area contributed by atoms with Crippen molar-refractivity contribution in [1.82, 2.24) is 14.9 Å². The van der Waals surface area contributed by atoms with Crippen molar-refractivity contribution >= 4 is 21.8 Å². The van der Waals surface area contributed by atoms with Crippen LogP contribution >= 0.6 is 0 Å². The first-order valence-electron chi connectivity index (χ1n) is 8.88. The minimum atomic E-state index is -3.56. The third kappa shape index (κ3) is 5.91. The van der Waals surface area contributed by atoms with E-state index in [9.17, 15) is 18.0 Å². The van der Waals surface area contributed by atoms with E-state index >= 15 is 0 Å². The van der Waals surface area contributed by atoms with Crippen LogP contribution in [0.25, 0.3) is 0 Å². The maximum atomic E-state index is 12.7. The Hall–Kier alpha value is -2.17. The molecule has 1 aromatic carbocycles. The van der Waals surface area contributed by atoms with Crippen molar-refractivity contribution in [2.75, 3.05) is 52.9 Å². The first-order chi connectivity index (χ1) is 12.9. The number of hydrogen-bond donors (Lipinski definition) is 3. The molecule has 0 aromatic heterocycles. The van der Waals surface area contributed by atoms with Gasteiger partial charge in [0.2, 0.25) is 15.9 Å². The molecule has 27 heavy (non-hydrogen) atoms. The number of nitrogens with zero attached hydrogens (tertiary/aromatic N) is 1. The molecular formula is C17H27N4O5S+. The molecule has 150 valence electrons. The van der Waals surface area contributed by atoms with E-state index in [1.54, 1.807) is 12.1 Å². The third-order valence-corrected chi connectivity index (χ3v) is 6.27. The van der Waals surface area contributed by atoms with Crippen molar-refractivity contribution in [3.8, 4) is 5.75 Å². The van der Waals surface area contributed by atoms with Crippen LogP contribution in [0.1, 0.15) is 6.92 Å². The van der Waals surface area contributed by atoms with Crippen LogP contribution in [0.2, 0.25) is 0 Å². The summed E-state index contributed by atoms with van der Waals surface area (Å²) >= 11 is 0. The van der Waals surface area contributed by atoms with Gasteiger partial charge in [0, 0.05) is 6.54 Å². The lowest BCUT2D eigenvalue weighted by Crippen LogP contribution is -3.15. The number of carbonyl (C=O) groups is 2. The Labute approximate surface area is 159 Å². The Morgan fingerprint density at radius 2 is 1.74 bits per heavy atom. The maximum absolute atomic E-state index is 12.7. The zero-order chi connectivity index (χ0) is 19.9. The molecule has 0 bridgehead atoms. The van der Waals surface area contributed by atoms with E-state index < -0.39 is 10.0 Å². The van der Waals surface area contributed by atoms with Gasteiger partial charge in [-0.3, -0.25) is 9.59 Å².